The molecule has 0 saturated carbocycles. The van der Waals surface area contributed by atoms with Crippen LogP contribution in [0.15, 0.2) is 65.8 Å². The molecule has 0 aliphatic heterocycles. The van der Waals surface area contributed by atoms with Gasteiger partial charge >= 0.3 is 0 Å². The molecule has 0 aliphatic rings. The number of carbonyl (C=O) groups excluding carboxylic acids is 1. The first-order valence-corrected chi connectivity index (χ1v) is 7.72. The van der Waals surface area contributed by atoms with Gasteiger partial charge in [-0.3, -0.25) is 4.79 Å². The molecule has 0 amide bonds. The van der Waals surface area contributed by atoms with Crippen LogP contribution in [0.5, 0.6) is 0 Å². The normalized spacial score (nSPS) is 11.2. The van der Waals surface area contributed by atoms with Gasteiger partial charge in [-0.2, -0.15) is 0 Å². The van der Waals surface area contributed by atoms with Gasteiger partial charge in [0.1, 0.15) is 6.29 Å². The molecule has 1 aromatic carbocycles. The lowest BCUT2D eigenvalue weighted by atomic mass is 9.91. The molecule has 1 N–H and O–H groups in total. The number of benzene rings is 1. The highest BCUT2D eigenvalue weighted by atomic mass is 16.2. The average molecular weight is 312 g/mol. The highest BCUT2D eigenvalue weighted by Gasteiger charge is 2.08. The van der Waals surface area contributed by atoms with Gasteiger partial charge in [0.05, 0.1) is 0 Å². The Kier molecular flexibility index (Phi) is 10.3. The van der Waals surface area contributed by atoms with E-state index in [1.54, 1.807) is 6.08 Å². The minimum absolute atomic E-state index is 0.598. The van der Waals surface area contributed by atoms with Gasteiger partial charge in [0.25, 0.3) is 0 Å². The van der Waals surface area contributed by atoms with E-state index >= 15 is 0 Å². The molecule has 1 rings (SSSR count). The summed E-state index contributed by atoms with van der Waals surface area (Å²) in [5.41, 5.74) is 6.44. The molecule has 0 unspecified atom stereocenters. The Labute approximate surface area is 140 Å². The molecule has 23 heavy (non-hydrogen) atoms. The number of rotatable bonds is 6. The maximum absolute atomic E-state index is 11.1. The van der Waals surface area contributed by atoms with Gasteiger partial charge in [-0.15, -0.1) is 0 Å². The molecule has 0 aliphatic carbocycles. The number of hydrogen-bond donors (Lipinski definition) is 1. The fourth-order valence-electron chi connectivity index (χ4n) is 2.20. The summed E-state index contributed by atoms with van der Waals surface area (Å²) in [6.45, 7) is 12.0. The Balaban J connectivity index is 0.00000232. The molecule has 0 spiro atoms. The van der Waals surface area contributed by atoms with Gasteiger partial charge in [-0.05, 0) is 50.0 Å². The van der Waals surface area contributed by atoms with E-state index in [1.807, 2.05) is 6.08 Å². The van der Waals surface area contributed by atoms with Crippen molar-refractivity contribution in [1.29, 1.82) is 0 Å². The molecule has 0 aromatic heterocycles. The number of aliphatic hydroxyl groups is 1. The highest BCUT2D eigenvalue weighted by Crippen LogP contribution is 2.28. The second-order valence-corrected chi connectivity index (χ2v) is 5.28. The third-order valence-corrected chi connectivity index (χ3v) is 3.25. The first-order chi connectivity index (χ1) is 11.0. The van der Waals surface area contributed by atoms with Crippen LogP contribution in [0.4, 0.5) is 0 Å². The smallest absolute Gasteiger partial charge is 0.150 e. The Hall–Kier alpha value is -2.19. The van der Waals surface area contributed by atoms with Gasteiger partial charge in [-0.1, -0.05) is 61.1 Å². The number of hydrogen-bond acceptors (Lipinski definition) is 2. The van der Waals surface area contributed by atoms with E-state index in [9.17, 15) is 4.79 Å². The second kappa shape index (κ2) is 11.4. The van der Waals surface area contributed by atoms with Crippen molar-refractivity contribution in [2.45, 2.75) is 34.1 Å². The van der Waals surface area contributed by atoms with Crippen molar-refractivity contribution in [2.75, 3.05) is 7.11 Å². The molecule has 0 saturated heterocycles. The maximum atomic E-state index is 11.1. The Bertz CT molecular complexity index is 602. The predicted octanol–water partition coefficient (Wildman–Crippen LogP) is 5.04. The predicted molar refractivity (Wildman–Crippen MR) is 100 cm³/mol. The summed E-state index contributed by atoms with van der Waals surface area (Å²) in [7, 11) is 1.00. The number of allylic oxidation sites excluding steroid dienone is 7. The van der Waals surface area contributed by atoms with Crippen LogP contribution >= 0.6 is 0 Å². The molecule has 0 atom stereocenters. The van der Waals surface area contributed by atoms with Crippen molar-refractivity contribution >= 4 is 11.9 Å². The number of aryl methyl sites for hydroxylation is 1. The quantitative estimate of drug-likeness (QED) is 0.453. The number of aliphatic hydroxyl groups excluding tert-OH is 1. The topological polar surface area (TPSA) is 37.3 Å². The van der Waals surface area contributed by atoms with E-state index in [1.165, 1.54) is 22.3 Å². The molecule has 1 aromatic rings. The molecule has 124 valence electrons. The van der Waals surface area contributed by atoms with E-state index in [0.717, 1.165) is 25.4 Å². The van der Waals surface area contributed by atoms with Crippen molar-refractivity contribution in [3.8, 4) is 0 Å². The van der Waals surface area contributed by atoms with Crippen LogP contribution in [0.3, 0.4) is 0 Å². The van der Waals surface area contributed by atoms with E-state index < -0.39 is 0 Å². The third-order valence-electron chi connectivity index (χ3n) is 3.25. The van der Waals surface area contributed by atoms with Crippen LogP contribution in [-0.4, -0.2) is 18.5 Å². The zero-order valence-corrected chi connectivity index (χ0v) is 14.9. The van der Waals surface area contributed by atoms with Crippen LogP contribution in [0, 0.1) is 6.92 Å². The lowest BCUT2D eigenvalue weighted by Gasteiger charge is -2.13. The summed E-state index contributed by atoms with van der Waals surface area (Å²) in [4.78, 5) is 11.1. The Morgan fingerprint density at radius 3 is 2.35 bits per heavy atom. The molecular formula is C21H28O2. The summed E-state index contributed by atoms with van der Waals surface area (Å²) in [6.07, 6.45) is 7.50. The van der Waals surface area contributed by atoms with E-state index in [2.05, 4.69) is 64.6 Å². The van der Waals surface area contributed by atoms with Crippen LogP contribution in [0.1, 0.15) is 38.3 Å². The minimum atomic E-state index is 0.598. The van der Waals surface area contributed by atoms with Crippen molar-refractivity contribution in [3.05, 3.63) is 76.9 Å². The van der Waals surface area contributed by atoms with Gasteiger partial charge in [0.2, 0.25) is 0 Å². The third kappa shape index (κ3) is 6.62. The van der Waals surface area contributed by atoms with Crippen molar-refractivity contribution in [1.82, 2.24) is 0 Å². The first kappa shape index (κ1) is 20.8. The molecule has 0 heterocycles. The molecular weight excluding hydrogens is 284 g/mol. The highest BCUT2D eigenvalue weighted by molar-refractivity contribution is 5.87. The molecule has 2 nitrogen and oxygen atoms in total. The van der Waals surface area contributed by atoms with Crippen molar-refractivity contribution < 1.29 is 9.90 Å². The van der Waals surface area contributed by atoms with Gasteiger partial charge in [-0.25, -0.2) is 0 Å². The Morgan fingerprint density at radius 1 is 1.26 bits per heavy atom. The fourth-order valence-corrected chi connectivity index (χ4v) is 2.20. The lowest BCUT2D eigenvalue weighted by Crippen LogP contribution is -1.94. The summed E-state index contributed by atoms with van der Waals surface area (Å²) >= 11 is 0. The number of aldehydes is 1. The Morgan fingerprint density at radius 2 is 1.91 bits per heavy atom. The summed E-state index contributed by atoms with van der Waals surface area (Å²) in [5.74, 6) is 0. The van der Waals surface area contributed by atoms with E-state index in [-0.39, 0.29) is 0 Å². The number of carbonyl (C=O) groups is 1. The zero-order chi connectivity index (χ0) is 17.8. The van der Waals surface area contributed by atoms with Crippen LogP contribution in [0.2, 0.25) is 0 Å². The van der Waals surface area contributed by atoms with Crippen LogP contribution in [-0.2, 0) is 4.79 Å². The second-order valence-electron chi connectivity index (χ2n) is 5.28. The maximum Gasteiger partial charge on any atom is 0.150 e. The molecule has 0 fully saturated rings. The molecule has 2 heteroatoms. The molecule has 0 radical (unpaired) electrons. The van der Waals surface area contributed by atoms with Crippen molar-refractivity contribution in [2.24, 2.45) is 0 Å². The van der Waals surface area contributed by atoms with Gasteiger partial charge in [0, 0.05) is 12.7 Å². The summed E-state index contributed by atoms with van der Waals surface area (Å²) in [6, 6.07) is 8.44. The molecule has 0 bridgehead atoms. The van der Waals surface area contributed by atoms with Crippen LogP contribution < -0.4 is 0 Å². The van der Waals surface area contributed by atoms with E-state index in [0.29, 0.717) is 5.57 Å². The van der Waals surface area contributed by atoms with E-state index in [4.69, 9.17) is 5.11 Å². The zero-order valence-electron chi connectivity index (χ0n) is 14.9. The SMILES string of the molecule is C=C/C(C=O)=C\C(=C(C)C)/C(=C\CC)c1cccc(C)c1.CO. The standard InChI is InChI=1S/C20H24O.CH4O/c1-6-9-19(18-11-8-10-16(5)12-18)20(15(3)4)13-17(7-2)14-21;1-2/h7-14H,2,6H2,1,3-5H3;2H,1H3/b17-13+,19-9-;. The lowest BCUT2D eigenvalue weighted by molar-refractivity contribution is -0.104. The first-order valence-electron chi connectivity index (χ1n) is 7.72. The van der Waals surface area contributed by atoms with Gasteiger partial charge in [0.15, 0.2) is 0 Å². The van der Waals surface area contributed by atoms with Crippen molar-refractivity contribution in [3.63, 3.8) is 0 Å². The summed E-state index contributed by atoms with van der Waals surface area (Å²) < 4.78 is 0. The largest absolute Gasteiger partial charge is 0.400 e. The average Bonchev–Trinajstić information content (AvgIpc) is 2.56. The van der Waals surface area contributed by atoms with Crippen LogP contribution in [0.25, 0.3) is 5.57 Å². The summed E-state index contributed by atoms with van der Waals surface area (Å²) in [5, 5.41) is 7.00. The van der Waals surface area contributed by atoms with Gasteiger partial charge < -0.3 is 5.11 Å². The minimum Gasteiger partial charge on any atom is -0.400 e. The fraction of sp³-hybridized carbons (Fsp3) is 0.286. The monoisotopic (exact) mass is 312 g/mol.